The van der Waals surface area contributed by atoms with Crippen molar-refractivity contribution in [3.63, 3.8) is 0 Å². The molecule has 1 aromatic heterocycles. The Morgan fingerprint density at radius 3 is 2.62 bits per heavy atom. The first-order valence-corrected chi connectivity index (χ1v) is 6.73. The highest BCUT2D eigenvalue weighted by molar-refractivity contribution is 9.10. The number of nitro groups is 1. The Morgan fingerprint density at radius 2 is 2.05 bits per heavy atom. The highest BCUT2D eigenvalue weighted by atomic mass is 79.9. The fraction of sp³-hybridized carbons (Fsp3) is 0.154. The second-order valence-electron chi connectivity index (χ2n) is 4.14. The molecule has 8 heteroatoms. The Bertz CT molecular complexity index is 666. The van der Waals surface area contributed by atoms with Gasteiger partial charge in [0, 0.05) is 10.5 Å². The zero-order valence-electron chi connectivity index (χ0n) is 10.7. The van der Waals surface area contributed by atoms with Gasteiger partial charge in [-0.05, 0) is 24.3 Å². The van der Waals surface area contributed by atoms with Crippen LogP contribution in [0.25, 0.3) is 0 Å². The van der Waals surface area contributed by atoms with Gasteiger partial charge in [-0.2, -0.15) is 0 Å². The summed E-state index contributed by atoms with van der Waals surface area (Å²) in [6.45, 7) is 0.402. The van der Waals surface area contributed by atoms with E-state index in [9.17, 15) is 14.9 Å². The van der Waals surface area contributed by atoms with E-state index >= 15 is 0 Å². The number of carboxylic acid groups (broad SMARTS) is 1. The second-order valence-corrected chi connectivity index (χ2v) is 5.06. The summed E-state index contributed by atoms with van der Waals surface area (Å²) in [6, 6.07) is 8.19. The Hall–Kier alpha value is -2.35. The molecule has 0 aliphatic rings. The molecule has 0 aliphatic heterocycles. The SMILES string of the molecule is O=C(O)c1cc([N+](=O)[O-])cn1CCOc1ccc(Br)cc1. The van der Waals surface area contributed by atoms with Crippen molar-refractivity contribution in [2.45, 2.75) is 6.54 Å². The number of benzene rings is 1. The van der Waals surface area contributed by atoms with Crippen molar-refractivity contribution >= 4 is 27.6 Å². The van der Waals surface area contributed by atoms with E-state index in [4.69, 9.17) is 9.84 Å². The standard InChI is InChI=1S/C13H11BrN2O5/c14-9-1-3-11(4-2-9)21-6-5-15-8-10(16(19)20)7-12(15)13(17)18/h1-4,7-8H,5-6H2,(H,17,18). The lowest BCUT2D eigenvalue weighted by atomic mass is 10.3. The van der Waals surface area contributed by atoms with Gasteiger partial charge < -0.3 is 14.4 Å². The molecule has 0 saturated carbocycles. The van der Waals surface area contributed by atoms with Crippen molar-refractivity contribution < 1.29 is 19.6 Å². The number of aromatic carboxylic acids is 1. The van der Waals surface area contributed by atoms with Crippen LogP contribution in [0.4, 0.5) is 5.69 Å². The normalized spacial score (nSPS) is 10.3. The van der Waals surface area contributed by atoms with Gasteiger partial charge in [0.15, 0.2) is 0 Å². The van der Waals surface area contributed by atoms with E-state index in [0.717, 1.165) is 10.5 Å². The summed E-state index contributed by atoms with van der Waals surface area (Å²) in [5, 5.41) is 19.7. The van der Waals surface area contributed by atoms with Gasteiger partial charge in [-0.1, -0.05) is 15.9 Å². The monoisotopic (exact) mass is 354 g/mol. The van der Waals surface area contributed by atoms with Crippen LogP contribution in [0.5, 0.6) is 5.75 Å². The number of hydrogen-bond donors (Lipinski definition) is 1. The number of rotatable bonds is 6. The Morgan fingerprint density at radius 1 is 1.38 bits per heavy atom. The van der Waals surface area contributed by atoms with Crippen LogP contribution in [-0.4, -0.2) is 27.2 Å². The molecule has 110 valence electrons. The van der Waals surface area contributed by atoms with Crippen molar-refractivity contribution in [3.05, 3.63) is 56.8 Å². The van der Waals surface area contributed by atoms with Crippen LogP contribution in [0, 0.1) is 10.1 Å². The number of halogens is 1. The first-order chi connectivity index (χ1) is 9.97. The highest BCUT2D eigenvalue weighted by Gasteiger charge is 2.18. The summed E-state index contributed by atoms with van der Waals surface area (Å²) in [5.41, 5.74) is -0.392. The van der Waals surface area contributed by atoms with Crippen LogP contribution in [0.15, 0.2) is 41.0 Å². The van der Waals surface area contributed by atoms with Gasteiger partial charge in [0.05, 0.1) is 17.7 Å². The Labute approximate surface area is 128 Å². The van der Waals surface area contributed by atoms with E-state index in [1.165, 1.54) is 10.8 Å². The zero-order chi connectivity index (χ0) is 15.4. The molecule has 2 aromatic rings. The first-order valence-electron chi connectivity index (χ1n) is 5.93. The van der Waals surface area contributed by atoms with E-state index in [1.807, 2.05) is 12.1 Å². The lowest BCUT2D eigenvalue weighted by Gasteiger charge is -2.08. The van der Waals surface area contributed by atoms with Crippen molar-refractivity contribution in [2.24, 2.45) is 0 Å². The van der Waals surface area contributed by atoms with Gasteiger partial charge in [0.1, 0.15) is 18.1 Å². The van der Waals surface area contributed by atoms with E-state index in [1.54, 1.807) is 12.1 Å². The fourth-order valence-electron chi connectivity index (χ4n) is 1.75. The number of carbonyl (C=O) groups is 1. The number of ether oxygens (including phenoxy) is 1. The zero-order valence-corrected chi connectivity index (χ0v) is 12.3. The minimum absolute atomic E-state index is 0.138. The summed E-state index contributed by atoms with van der Waals surface area (Å²) in [5.74, 6) is -0.580. The van der Waals surface area contributed by atoms with Gasteiger partial charge in [-0.25, -0.2) is 4.79 Å². The lowest BCUT2D eigenvalue weighted by molar-refractivity contribution is -0.384. The number of hydrogen-bond acceptors (Lipinski definition) is 4. The molecule has 0 radical (unpaired) electrons. The maximum Gasteiger partial charge on any atom is 0.352 e. The third-order valence-electron chi connectivity index (χ3n) is 2.73. The molecule has 1 N–H and O–H groups in total. The van der Waals surface area contributed by atoms with Crippen LogP contribution < -0.4 is 4.74 Å². The predicted molar refractivity (Wildman–Crippen MR) is 77.7 cm³/mol. The molecular weight excluding hydrogens is 344 g/mol. The first kappa shape index (κ1) is 15.0. The molecule has 0 fully saturated rings. The highest BCUT2D eigenvalue weighted by Crippen LogP contribution is 2.18. The topological polar surface area (TPSA) is 94.6 Å². The van der Waals surface area contributed by atoms with Crippen LogP contribution >= 0.6 is 15.9 Å². The van der Waals surface area contributed by atoms with Gasteiger partial charge in [-0.15, -0.1) is 0 Å². The molecule has 1 aromatic carbocycles. The summed E-state index contributed by atoms with van der Waals surface area (Å²) in [7, 11) is 0. The molecule has 0 saturated heterocycles. The van der Waals surface area contributed by atoms with Crippen LogP contribution in [0.1, 0.15) is 10.5 Å². The molecule has 21 heavy (non-hydrogen) atoms. The third kappa shape index (κ3) is 3.82. The van der Waals surface area contributed by atoms with E-state index < -0.39 is 10.9 Å². The van der Waals surface area contributed by atoms with Gasteiger partial charge in [0.2, 0.25) is 0 Å². The average Bonchev–Trinajstić information content (AvgIpc) is 2.86. The van der Waals surface area contributed by atoms with E-state index in [0.29, 0.717) is 5.75 Å². The summed E-state index contributed by atoms with van der Waals surface area (Å²) in [6.07, 6.45) is 1.19. The van der Waals surface area contributed by atoms with E-state index in [2.05, 4.69) is 15.9 Å². The third-order valence-corrected chi connectivity index (χ3v) is 3.26. The number of nitrogens with zero attached hydrogens (tertiary/aromatic N) is 2. The Kier molecular flexibility index (Phi) is 4.59. The number of carboxylic acids is 1. The van der Waals surface area contributed by atoms with Crippen LogP contribution in [-0.2, 0) is 6.54 Å². The molecule has 0 amide bonds. The molecule has 0 aliphatic carbocycles. The van der Waals surface area contributed by atoms with Crippen LogP contribution in [0.2, 0.25) is 0 Å². The smallest absolute Gasteiger partial charge is 0.352 e. The Balaban J connectivity index is 2.03. The maximum atomic E-state index is 11.0. The van der Waals surface area contributed by atoms with Gasteiger partial charge >= 0.3 is 5.97 Å². The van der Waals surface area contributed by atoms with Crippen molar-refractivity contribution in [2.75, 3.05) is 6.61 Å². The summed E-state index contributed by atoms with van der Waals surface area (Å²) in [4.78, 5) is 21.1. The molecule has 2 rings (SSSR count). The average molecular weight is 355 g/mol. The maximum absolute atomic E-state index is 11.0. The summed E-state index contributed by atoms with van der Waals surface area (Å²) >= 11 is 3.30. The minimum atomic E-state index is -1.22. The second kappa shape index (κ2) is 6.40. The van der Waals surface area contributed by atoms with E-state index in [-0.39, 0.29) is 24.5 Å². The molecule has 0 spiro atoms. The largest absolute Gasteiger partial charge is 0.492 e. The number of aromatic nitrogens is 1. The molecule has 0 unspecified atom stereocenters. The van der Waals surface area contributed by atoms with Crippen molar-refractivity contribution in [1.82, 2.24) is 4.57 Å². The minimum Gasteiger partial charge on any atom is -0.492 e. The lowest BCUT2D eigenvalue weighted by Crippen LogP contribution is -2.12. The van der Waals surface area contributed by atoms with Crippen molar-refractivity contribution in [3.8, 4) is 5.75 Å². The van der Waals surface area contributed by atoms with Gasteiger partial charge in [0.25, 0.3) is 5.69 Å². The quantitative estimate of drug-likeness (QED) is 0.635. The van der Waals surface area contributed by atoms with Gasteiger partial charge in [-0.3, -0.25) is 10.1 Å². The van der Waals surface area contributed by atoms with Crippen LogP contribution in [0.3, 0.4) is 0 Å². The fourth-order valence-corrected chi connectivity index (χ4v) is 2.02. The summed E-state index contributed by atoms with van der Waals surface area (Å²) < 4.78 is 7.68. The molecular formula is C13H11BrN2O5. The molecule has 0 bridgehead atoms. The predicted octanol–water partition coefficient (Wildman–Crippen LogP) is 2.94. The molecule has 1 heterocycles. The van der Waals surface area contributed by atoms with Crippen molar-refractivity contribution in [1.29, 1.82) is 0 Å². The molecule has 7 nitrogen and oxygen atoms in total. The molecule has 0 atom stereocenters.